The van der Waals surface area contributed by atoms with Gasteiger partial charge in [-0.1, -0.05) is 243 Å². The molecule has 4 heteroatoms. The maximum Gasteiger partial charge on any atom is 0.255 e. The zero-order chi connectivity index (χ0) is 47.6. The molecule has 0 heterocycles. The zero-order valence-corrected chi connectivity index (χ0v) is 38.5. The average molecular weight is 903 g/mol. The molecular formula is C66H50N2O2. The summed E-state index contributed by atoms with van der Waals surface area (Å²) in [6.45, 7) is 0. The lowest BCUT2D eigenvalue weighted by molar-refractivity contribution is 0.101. The Morgan fingerprint density at radius 3 is 0.700 bits per heavy atom. The summed E-state index contributed by atoms with van der Waals surface area (Å²) in [4.78, 5) is 27.0. The van der Waals surface area contributed by atoms with Gasteiger partial charge in [0, 0.05) is 22.5 Å². The Morgan fingerprint density at radius 1 is 0.257 bits per heavy atom. The van der Waals surface area contributed by atoms with Crippen LogP contribution in [-0.4, -0.2) is 11.8 Å². The van der Waals surface area contributed by atoms with Crippen molar-refractivity contribution in [1.29, 1.82) is 0 Å². The Bertz CT molecular complexity index is 2900. The van der Waals surface area contributed by atoms with E-state index in [0.29, 0.717) is 22.5 Å². The van der Waals surface area contributed by atoms with Gasteiger partial charge in [-0.15, -0.1) is 0 Å². The van der Waals surface area contributed by atoms with E-state index < -0.39 is 10.8 Å². The van der Waals surface area contributed by atoms with Crippen molar-refractivity contribution in [3.05, 3.63) is 346 Å². The monoisotopic (exact) mass is 902 g/mol. The van der Waals surface area contributed by atoms with Gasteiger partial charge in [0.05, 0.1) is 10.8 Å². The summed E-state index contributed by atoms with van der Waals surface area (Å²) in [5.74, 6) is -0.374. The van der Waals surface area contributed by atoms with Gasteiger partial charge in [-0.3, -0.25) is 9.59 Å². The largest absolute Gasteiger partial charge is 0.322 e. The molecule has 4 nitrogen and oxygen atoms in total. The van der Waals surface area contributed by atoms with Crippen LogP contribution < -0.4 is 10.6 Å². The van der Waals surface area contributed by atoms with Crippen LogP contribution in [0.2, 0.25) is 0 Å². The van der Waals surface area contributed by atoms with Gasteiger partial charge in [0.2, 0.25) is 0 Å². The SMILES string of the molecule is O=C(Nc1ccc(C(c2ccccc2)(c2ccccc2)c2ccccc2)cc1)c1ccc(/C=C/c2ccc(C(=O)Nc3ccc(C(c4ccccc4)(c4ccccc4)c4ccccc4)cc3)cc2)cc1. The molecule has 10 aromatic rings. The first-order valence-electron chi connectivity index (χ1n) is 23.6. The Morgan fingerprint density at radius 2 is 0.471 bits per heavy atom. The molecule has 0 spiro atoms. The van der Waals surface area contributed by atoms with Crippen LogP contribution in [0.5, 0.6) is 0 Å². The van der Waals surface area contributed by atoms with Gasteiger partial charge in [0.15, 0.2) is 0 Å². The highest BCUT2D eigenvalue weighted by molar-refractivity contribution is 6.05. The quantitative estimate of drug-likeness (QED) is 0.0844. The zero-order valence-electron chi connectivity index (χ0n) is 38.5. The molecule has 0 bridgehead atoms. The van der Waals surface area contributed by atoms with Crippen molar-refractivity contribution in [2.45, 2.75) is 10.8 Å². The van der Waals surface area contributed by atoms with Crippen molar-refractivity contribution in [3.63, 3.8) is 0 Å². The van der Waals surface area contributed by atoms with E-state index in [9.17, 15) is 9.59 Å². The van der Waals surface area contributed by atoms with E-state index in [1.165, 1.54) is 0 Å². The van der Waals surface area contributed by atoms with Crippen molar-refractivity contribution < 1.29 is 9.59 Å². The molecule has 0 aliphatic rings. The van der Waals surface area contributed by atoms with E-state index in [-0.39, 0.29) is 11.8 Å². The van der Waals surface area contributed by atoms with E-state index in [4.69, 9.17) is 0 Å². The van der Waals surface area contributed by atoms with Crippen molar-refractivity contribution in [2.75, 3.05) is 10.6 Å². The van der Waals surface area contributed by atoms with E-state index in [1.807, 2.05) is 121 Å². The Labute approximate surface area is 410 Å². The molecule has 70 heavy (non-hydrogen) atoms. The molecule has 2 N–H and O–H groups in total. The van der Waals surface area contributed by atoms with Crippen molar-refractivity contribution in [3.8, 4) is 0 Å². The van der Waals surface area contributed by atoms with Gasteiger partial charge >= 0.3 is 0 Å². The molecule has 0 fully saturated rings. The number of hydrogen-bond acceptors (Lipinski definition) is 2. The second kappa shape index (κ2) is 20.4. The minimum atomic E-state index is -0.564. The van der Waals surface area contributed by atoms with Crippen LogP contribution >= 0.6 is 0 Å². The van der Waals surface area contributed by atoms with Gasteiger partial charge in [0.1, 0.15) is 0 Å². The van der Waals surface area contributed by atoms with Gasteiger partial charge < -0.3 is 10.6 Å². The highest BCUT2D eigenvalue weighted by Gasteiger charge is 2.39. The number of hydrogen-bond donors (Lipinski definition) is 2. The minimum Gasteiger partial charge on any atom is -0.322 e. The summed E-state index contributed by atoms with van der Waals surface area (Å²) < 4.78 is 0. The van der Waals surface area contributed by atoms with Crippen LogP contribution in [0.15, 0.2) is 279 Å². The molecule has 0 radical (unpaired) electrons. The summed E-state index contributed by atoms with van der Waals surface area (Å²) in [5.41, 5.74) is 12.4. The fraction of sp³-hybridized carbons (Fsp3) is 0.0303. The van der Waals surface area contributed by atoms with Crippen molar-refractivity contribution >= 4 is 35.3 Å². The van der Waals surface area contributed by atoms with E-state index in [2.05, 4.69) is 180 Å². The number of anilines is 2. The standard InChI is InChI=1S/C66H50N2O2/c69-63(67-61-45-41-59(42-46-61)65(53-19-7-1-8-20-53,54-21-9-2-10-22-54)55-23-11-3-12-24-55)51-37-33-49(34-38-51)31-32-50-35-39-52(40-36-50)64(70)68-62-47-43-60(44-48-62)66(56-25-13-4-14-26-56,57-27-15-5-16-28-57)58-29-17-6-18-30-58/h1-48H,(H,67,69)(H,68,70)/b32-31+. The molecule has 0 atom stereocenters. The van der Waals surface area contributed by atoms with Crippen LogP contribution in [0.4, 0.5) is 11.4 Å². The Hall–Kier alpha value is -9.12. The first kappa shape index (κ1) is 44.7. The highest BCUT2D eigenvalue weighted by atomic mass is 16.2. The summed E-state index contributed by atoms with van der Waals surface area (Å²) in [7, 11) is 0. The van der Waals surface area contributed by atoms with E-state index >= 15 is 0 Å². The predicted molar refractivity (Wildman–Crippen MR) is 287 cm³/mol. The normalized spacial score (nSPS) is 11.5. The fourth-order valence-electron chi connectivity index (χ4n) is 9.83. The van der Waals surface area contributed by atoms with Gasteiger partial charge in [-0.05, 0) is 104 Å². The van der Waals surface area contributed by atoms with E-state index in [1.54, 1.807) is 0 Å². The average Bonchev–Trinajstić information content (AvgIpc) is 3.44. The fourth-order valence-corrected chi connectivity index (χ4v) is 9.83. The minimum absolute atomic E-state index is 0.187. The topological polar surface area (TPSA) is 58.2 Å². The van der Waals surface area contributed by atoms with Gasteiger partial charge in [-0.2, -0.15) is 0 Å². The number of amides is 2. The van der Waals surface area contributed by atoms with Crippen molar-refractivity contribution in [1.82, 2.24) is 0 Å². The van der Waals surface area contributed by atoms with Crippen LogP contribution in [0, 0.1) is 0 Å². The number of carbonyl (C=O) groups excluding carboxylic acids is 2. The molecule has 336 valence electrons. The summed E-state index contributed by atoms with van der Waals surface area (Å²) in [6.07, 6.45) is 3.99. The van der Waals surface area contributed by atoms with Gasteiger partial charge in [0.25, 0.3) is 11.8 Å². The molecule has 0 saturated carbocycles. The maximum atomic E-state index is 13.5. The smallest absolute Gasteiger partial charge is 0.255 e. The van der Waals surface area contributed by atoms with Gasteiger partial charge in [-0.25, -0.2) is 0 Å². The molecule has 0 aliphatic carbocycles. The van der Waals surface area contributed by atoms with Crippen LogP contribution in [0.3, 0.4) is 0 Å². The first-order valence-corrected chi connectivity index (χ1v) is 23.6. The Balaban J connectivity index is 0.797. The molecule has 0 aliphatic heterocycles. The number of rotatable bonds is 14. The van der Waals surface area contributed by atoms with Crippen molar-refractivity contribution in [2.24, 2.45) is 0 Å². The van der Waals surface area contributed by atoms with Crippen LogP contribution in [0.1, 0.15) is 76.4 Å². The molecule has 10 rings (SSSR count). The number of carbonyl (C=O) groups is 2. The Kier molecular flexibility index (Phi) is 13.0. The van der Waals surface area contributed by atoms with Crippen LogP contribution in [0.25, 0.3) is 12.2 Å². The maximum absolute atomic E-state index is 13.5. The first-order chi connectivity index (χ1) is 34.5. The van der Waals surface area contributed by atoms with E-state index in [0.717, 1.165) is 55.6 Å². The third-order valence-corrected chi connectivity index (χ3v) is 13.2. The molecule has 0 saturated heterocycles. The third kappa shape index (κ3) is 9.02. The van der Waals surface area contributed by atoms with Crippen LogP contribution in [-0.2, 0) is 10.8 Å². The molecule has 0 aromatic heterocycles. The molecular weight excluding hydrogens is 853 g/mol. The highest BCUT2D eigenvalue weighted by Crippen LogP contribution is 2.47. The second-order valence-corrected chi connectivity index (χ2v) is 17.3. The predicted octanol–water partition coefficient (Wildman–Crippen LogP) is 15.1. The number of benzene rings is 10. The lowest BCUT2D eigenvalue weighted by Gasteiger charge is -2.37. The summed E-state index contributed by atoms with van der Waals surface area (Å²) >= 11 is 0. The second-order valence-electron chi connectivity index (χ2n) is 17.3. The number of nitrogens with one attached hydrogen (secondary N) is 2. The third-order valence-electron chi connectivity index (χ3n) is 13.2. The lowest BCUT2D eigenvalue weighted by Crippen LogP contribution is -2.31. The molecule has 2 amide bonds. The summed E-state index contributed by atoms with van der Waals surface area (Å²) in [5, 5.41) is 6.20. The summed E-state index contributed by atoms with van der Waals surface area (Å²) in [6, 6.07) is 94.9. The molecule has 0 unspecified atom stereocenters. The lowest BCUT2D eigenvalue weighted by atomic mass is 9.65. The molecule has 10 aromatic carbocycles.